The van der Waals surface area contributed by atoms with Gasteiger partial charge in [-0.25, -0.2) is 0 Å². The maximum Gasteiger partial charge on any atom is 0.219 e. The van der Waals surface area contributed by atoms with E-state index in [0.29, 0.717) is 40.8 Å². The van der Waals surface area contributed by atoms with Crippen LogP contribution in [0.15, 0.2) is 96.0 Å². The fourth-order valence-corrected chi connectivity index (χ4v) is 5.00. The van der Waals surface area contributed by atoms with Crippen LogP contribution >= 0.6 is 0 Å². The van der Waals surface area contributed by atoms with E-state index in [9.17, 15) is 0 Å². The van der Waals surface area contributed by atoms with Gasteiger partial charge in [-0.05, 0) is 123 Å². The predicted molar refractivity (Wildman–Crippen MR) is 211 cm³/mol. The van der Waals surface area contributed by atoms with E-state index >= 15 is 0 Å². The Morgan fingerprint density at radius 1 is 0.600 bits per heavy atom. The number of benzene rings is 3. The van der Waals surface area contributed by atoms with Gasteiger partial charge >= 0.3 is 0 Å². The molecule has 0 saturated heterocycles. The van der Waals surface area contributed by atoms with Gasteiger partial charge in [-0.3, -0.25) is 20.8 Å². The minimum Gasteiger partial charge on any atom is -0.439 e. The van der Waals surface area contributed by atoms with E-state index < -0.39 is 0 Å². The number of amidine groups is 2. The molecule has 50 heavy (non-hydrogen) atoms. The highest BCUT2D eigenvalue weighted by molar-refractivity contribution is 5.95. The van der Waals surface area contributed by atoms with Gasteiger partial charge in [0.2, 0.25) is 11.8 Å². The van der Waals surface area contributed by atoms with Crippen LogP contribution in [0.25, 0.3) is 0 Å². The summed E-state index contributed by atoms with van der Waals surface area (Å²) < 4.78 is 11.9. The van der Waals surface area contributed by atoms with Crippen molar-refractivity contribution in [1.29, 1.82) is 10.8 Å². The predicted octanol–water partition coefficient (Wildman–Crippen LogP) is 8.14. The van der Waals surface area contributed by atoms with Gasteiger partial charge in [0.1, 0.15) is 23.2 Å². The summed E-state index contributed by atoms with van der Waals surface area (Å²) in [6.07, 6.45) is 12.0. The van der Waals surface area contributed by atoms with Crippen LogP contribution in [0.4, 0.5) is 11.4 Å². The van der Waals surface area contributed by atoms with Crippen LogP contribution < -0.4 is 31.6 Å². The van der Waals surface area contributed by atoms with Gasteiger partial charge in [0.25, 0.3) is 0 Å². The zero-order valence-corrected chi connectivity index (χ0v) is 29.7. The maximum absolute atomic E-state index is 8.56. The van der Waals surface area contributed by atoms with Crippen molar-refractivity contribution in [3.05, 3.63) is 108 Å². The summed E-state index contributed by atoms with van der Waals surface area (Å²) in [5.74, 6) is 2.26. The summed E-state index contributed by atoms with van der Waals surface area (Å²) in [6.45, 7) is 14.2. The molecular formula is C40H54N8O2. The standard InChI is InChI=1S/C40H54N8O2/c1-5-37(41)47-27-12-10-8-7-9-11-25-45-33-19-15-31(16-20-33)39(43)49-35-23-24-36(30(4)29(35)3)50-40(44)32-17-21-34(22-18-32)46-26-13-14-28-48-38(42)6-2/h5-6,15-24,43-46H,1-2,7-14,25-28H2,3-4H3,(H2,41,47)(H2,42,48). The van der Waals surface area contributed by atoms with Crippen LogP contribution in [0.1, 0.15) is 73.6 Å². The molecule has 0 amide bonds. The van der Waals surface area contributed by atoms with Gasteiger partial charge < -0.3 is 31.6 Å². The number of anilines is 2. The molecule has 0 saturated carbocycles. The number of nitrogens with one attached hydrogen (secondary N) is 4. The first-order valence-electron chi connectivity index (χ1n) is 17.4. The minimum atomic E-state index is 0.0549. The summed E-state index contributed by atoms with van der Waals surface area (Å²) in [4.78, 5) is 8.44. The normalized spacial score (nSPS) is 11.5. The van der Waals surface area contributed by atoms with Gasteiger partial charge in [0.05, 0.1) is 0 Å². The Bertz CT molecular complexity index is 1610. The lowest BCUT2D eigenvalue weighted by Gasteiger charge is -2.16. The van der Waals surface area contributed by atoms with Crippen LogP contribution in [0.2, 0.25) is 0 Å². The summed E-state index contributed by atoms with van der Waals surface area (Å²) in [5, 5.41) is 23.9. The van der Waals surface area contributed by atoms with E-state index in [4.69, 9.17) is 31.8 Å². The zero-order chi connectivity index (χ0) is 36.1. The highest BCUT2D eigenvalue weighted by Crippen LogP contribution is 2.30. The molecule has 10 heteroatoms. The van der Waals surface area contributed by atoms with Gasteiger partial charge in [-0.15, -0.1) is 0 Å². The van der Waals surface area contributed by atoms with Gasteiger partial charge in [0, 0.05) is 48.7 Å². The molecule has 3 aromatic carbocycles. The molecule has 3 rings (SSSR count). The second-order valence-electron chi connectivity index (χ2n) is 12.0. The zero-order valence-electron chi connectivity index (χ0n) is 29.7. The number of hydrogen-bond acceptors (Lipinski definition) is 8. The lowest BCUT2D eigenvalue weighted by atomic mass is 10.1. The van der Waals surface area contributed by atoms with Crippen LogP contribution in [0, 0.1) is 24.7 Å². The SMILES string of the molecule is C=CC(N)=NCCCCCCCCNc1ccc(C(=N)Oc2ccc(OC(=N)c3ccc(NCCCCN=C(N)C=C)cc3)c(C)c2C)cc1. The highest BCUT2D eigenvalue weighted by Gasteiger charge is 2.14. The second-order valence-corrected chi connectivity index (χ2v) is 12.0. The van der Waals surface area contributed by atoms with Gasteiger partial charge in [-0.2, -0.15) is 0 Å². The molecule has 0 atom stereocenters. The molecule has 0 bridgehead atoms. The Morgan fingerprint density at radius 2 is 0.960 bits per heavy atom. The Labute approximate surface area is 297 Å². The Kier molecular flexibility index (Phi) is 16.8. The van der Waals surface area contributed by atoms with E-state index in [2.05, 4.69) is 33.8 Å². The Morgan fingerprint density at radius 3 is 1.38 bits per heavy atom. The number of rotatable bonds is 22. The van der Waals surface area contributed by atoms with Crippen LogP contribution in [0.5, 0.6) is 11.5 Å². The first kappa shape index (κ1) is 39.1. The van der Waals surface area contributed by atoms with E-state index in [1.165, 1.54) is 25.7 Å². The summed E-state index contributed by atoms with van der Waals surface area (Å²) in [6, 6.07) is 18.9. The fraction of sp³-hybridized carbons (Fsp3) is 0.350. The van der Waals surface area contributed by atoms with E-state index in [1.54, 1.807) is 24.3 Å². The van der Waals surface area contributed by atoms with Crippen molar-refractivity contribution in [3.63, 3.8) is 0 Å². The molecule has 10 nitrogen and oxygen atoms in total. The molecule has 0 fully saturated rings. The molecule has 0 unspecified atom stereocenters. The van der Waals surface area contributed by atoms with Crippen molar-refractivity contribution in [2.24, 2.45) is 21.5 Å². The number of hydrogen-bond donors (Lipinski definition) is 6. The van der Waals surface area contributed by atoms with E-state index in [1.807, 2.05) is 62.4 Å². The molecule has 8 N–H and O–H groups in total. The lowest BCUT2D eigenvalue weighted by Crippen LogP contribution is -2.12. The van der Waals surface area contributed by atoms with Crippen molar-refractivity contribution >= 4 is 34.8 Å². The fourth-order valence-electron chi connectivity index (χ4n) is 5.00. The Hall–Kier alpha value is -5.38. The van der Waals surface area contributed by atoms with E-state index in [-0.39, 0.29) is 11.8 Å². The van der Waals surface area contributed by atoms with Crippen molar-refractivity contribution in [2.45, 2.75) is 65.2 Å². The Balaban J connectivity index is 1.40. The molecule has 0 aliphatic carbocycles. The summed E-state index contributed by atoms with van der Waals surface area (Å²) in [5.41, 5.74) is 16.3. The molecule has 0 heterocycles. The molecule has 266 valence electrons. The first-order chi connectivity index (χ1) is 24.2. The third-order valence-electron chi connectivity index (χ3n) is 8.24. The van der Waals surface area contributed by atoms with Crippen LogP contribution in [-0.4, -0.2) is 49.6 Å². The maximum atomic E-state index is 8.56. The topological polar surface area (TPSA) is 167 Å². The molecule has 0 spiro atoms. The van der Waals surface area contributed by atoms with Crippen LogP contribution in [0.3, 0.4) is 0 Å². The monoisotopic (exact) mass is 678 g/mol. The highest BCUT2D eigenvalue weighted by atomic mass is 16.5. The summed E-state index contributed by atoms with van der Waals surface area (Å²) in [7, 11) is 0. The van der Waals surface area contributed by atoms with Crippen molar-refractivity contribution in [1.82, 2.24) is 0 Å². The van der Waals surface area contributed by atoms with Crippen molar-refractivity contribution < 1.29 is 9.47 Å². The number of unbranched alkanes of at least 4 members (excludes halogenated alkanes) is 6. The number of nitrogens with two attached hydrogens (primary N) is 2. The lowest BCUT2D eigenvalue weighted by molar-refractivity contribution is 0.524. The molecule has 0 aromatic heterocycles. The van der Waals surface area contributed by atoms with E-state index in [0.717, 1.165) is 67.8 Å². The smallest absolute Gasteiger partial charge is 0.219 e. The second kappa shape index (κ2) is 21.6. The molecule has 3 aromatic rings. The number of aliphatic imine (C=N–C) groups is 2. The quantitative estimate of drug-likeness (QED) is 0.0356. The number of ether oxygens (including phenoxy) is 2. The van der Waals surface area contributed by atoms with Crippen molar-refractivity contribution in [2.75, 3.05) is 36.8 Å². The average molecular weight is 679 g/mol. The average Bonchev–Trinajstić information content (AvgIpc) is 3.13. The molecule has 0 radical (unpaired) electrons. The number of nitrogens with zero attached hydrogens (tertiary/aromatic N) is 2. The summed E-state index contributed by atoms with van der Waals surface area (Å²) >= 11 is 0. The van der Waals surface area contributed by atoms with Crippen LogP contribution in [-0.2, 0) is 0 Å². The molecular weight excluding hydrogens is 624 g/mol. The van der Waals surface area contributed by atoms with Crippen molar-refractivity contribution in [3.8, 4) is 11.5 Å². The third-order valence-corrected chi connectivity index (χ3v) is 8.24. The molecule has 0 aliphatic heterocycles. The largest absolute Gasteiger partial charge is 0.439 e. The van der Waals surface area contributed by atoms with Gasteiger partial charge in [0.15, 0.2) is 0 Å². The first-order valence-corrected chi connectivity index (χ1v) is 17.4. The minimum absolute atomic E-state index is 0.0549. The van der Waals surface area contributed by atoms with Gasteiger partial charge in [-0.1, -0.05) is 38.8 Å². The molecule has 0 aliphatic rings. The third kappa shape index (κ3) is 13.6.